The van der Waals surface area contributed by atoms with E-state index in [1.54, 1.807) is 27.9 Å². The molecular formula is C41H54N6O5S2. The van der Waals surface area contributed by atoms with Crippen LogP contribution in [0.2, 0.25) is 0 Å². The molecule has 290 valence electrons. The van der Waals surface area contributed by atoms with Crippen LogP contribution in [0.4, 0.5) is 9.59 Å². The Bertz CT molecular complexity index is 1740. The first-order valence-corrected chi connectivity index (χ1v) is 20.5. The summed E-state index contributed by atoms with van der Waals surface area (Å²) in [5.41, 5.74) is 4.17. The van der Waals surface area contributed by atoms with Crippen LogP contribution in [0.5, 0.6) is 0 Å². The molecule has 0 unspecified atom stereocenters. The predicted molar refractivity (Wildman–Crippen MR) is 213 cm³/mol. The molecule has 3 N–H and O–H groups in total. The first-order valence-electron chi connectivity index (χ1n) is 18.8. The molecule has 2 aromatic heterocycles. The van der Waals surface area contributed by atoms with E-state index in [1.165, 1.54) is 11.3 Å². The predicted octanol–water partition coefficient (Wildman–Crippen LogP) is 7.63. The Labute approximate surface area is 327 Å². The largest absolute Gasteiger partial charge is 0.444 e. The maximum Gasteiger partial charge on any atom is 0.407 e. The zero-order valence-electron chi connectivity index (χ0n) is 32.0. The molecule has 1 aliphatic carbocycles. The Hall–Kier alpha value is -4.33. The molecule has 0 aliphatic heterocycles. The summed E-state index contributed by atoms with van der Waals surface area (Å²) in [6.45, 7) is 10.5. The van der Waals surface area contributed by atoms with Crippen molar-refractivity contribution in [3.63, 3.8) is 0 Å². The average molecular weight is 775 g/mol. The van der Waals surface area contributed by atoms with E-state index in [-0.39, 0.29) is 43.3 Å². The number of amides is 4. The van der Waals surface area contributed by atoms with Gasteiger partial charge < -0.3 is 30.3 Å². The van der Waals surface area contributed by atoms with Gasteiger partial charge in [0.15, 0.2) is 0 Å². The third-order valence-corrected chi connectivity index (χ3v) is 10.9. The first-order chi connectivity index (χ1) is 25.9. The number of urea groups is 1. The summed E-state index contributed by atoms with van der Waals surface area (Å²) < 4.78 is 11.6. The summed E-state index contributed by atoms with van der Waals surface area (Å²) >= 11 is 3.04. The van der Waals surface area contributed by atoms with Gasteiger partial charge in [0.1, 0.15) is 12.6 Å². The first kappa shape index (κ1) is 40.8. The van der Waals surface area contributed by atoms with Crippen molar-refractivity contribution in [2.75, 3.05) is 6.61 Å². The number of rotatable bonds is 19. The minimum Gasteiger partial charge on any atom is -0.444 e. The fourth-order valence-corrected chi connectivity index (χ4v) is 7.28. The summed E-state index contributed by atoms with van der Waals surface area (Å²) in [5.74, 6) is -0.0117. The molecule has 0 bridgehead atoms. The summed E-state index contributed by atoms with van der Waals surface area (Å²) in [6.07, 6.45) is 5.30. The van der Waals surface area contributed by atoms with Gasteiger partial charge in [-0.25, -0.2) is 14.6 Å². The molecule has 0 radical (unpaired) electrons. The lowest BCUT2D eigenvalue weighted by Gasteiger charge is -2.30. The Kier molecular flexibility index (Phi) is 15.0. The SMILES string of the molecule is CC(C)c1nc(CN(C(=O)N[C@@H](COC(C)(C)C)C(=O)N[C@H](CC[C@H](Cc2ccccc2)NC(=O)OCc2cncs2)Cc2ccccc2)C2CC2)cs1. The molecule has 11 nitrogen and oxygen atoms in total. The molecule has 0 saturated heterocycles. The second kappa shape index (κ2) is 19.8. The molecule has 13 heteroatoms. The minimum atomic E-state index is -0.933. The Morgan fingerprint density at radius 3 is 2.06 bits per heavy atom. The Morgan fingerprint density at radius 1 is 0.889 bits per heavy atom. The van der Waals surface area contributed by atoms with Crippen molar-refractivity contribution in [1.29, 1.82) is 0 Å². The number of hydrogen-bond acceptors (Lipinski definition) is 9. The lowest BCUT2D eigenvalue weighted by molar-refractivity contribution is -0.126. The second-order valence-corrected chi connectivity index (χ2v) is 17.0. The number of benzene rings is 2. The number of aromatic nitrogens is 2. The van der Waals surface area contributed by atoms with Gasteiger partial charge in [0.2, 0.25) is 5.91 Å². The number of carbonyl (C=O) groups is 3. The lowest BCUT2D eigenvalue weighted by Crippen LogP contribution is -2.56. The quantitative estimate of drug-likeness (QED) is 0.0892. The average Bonchev–Trinajstić information content (AvgIpc) is 3.62. The molecule has 54 heavy (non-hydrogen) atoms. The van der Waals surface area contributed by atoms with Crippen molar-refractivity contribution < 1.29 is 23.9 Å². The molecule has 1 fully saturated rings. The number of nitrogens with one attached hydrogen (secondary N) is 3. The van der Waals surface area contributed by atoms with E-state index in [1.807, 2.05) is 86.8 Å². The smallest absolute Gasteiger partial charge is 0.407 e. The van der Waals surface area contributed by atoms with Crippen molar-refractivity contribution in [1.82, 2.24) is 30.8 Å². The number of alkyl carbamates (subject to hydrolysis) is 1. The number of nitrogens with zero attached hydrogens (tertiary/aromatic N) is 3. The zero-order valence-corrected chi connectivity index (χ0v) is 33.6. The zero-order chi connectivity index (χ0) is 38.5. The number of carbonyl (C=O) groups excluding carboxylic acids is 3. The van der Waals surface area contributed by atoms with E-state index in [4.69, 9.17) is 14.5 Å². The highest BCUT2D eigenvalue weighted by Gasteiger charge is 2.36. The van der Waals surface area contributed by atoms with Gasteiger partial charge in [0.25, 0.3) is 0 Å². The summed E-state index contributed by atoms with van der Waals surface area (Å²) in [7, 11) is 0. The van der Waals surface area contributed by atoms with Gasteiger partial charge in [-0.2, -0.15) is 0 Å². The van der Waals surface area contributed by atoms with Gasteiger partial charge in [-0.3, -0.25) is 9.78 Å². The molecule has 0 spiro atoms. The molecule has 2 heterocycles. The topological polar surface area (TPSA) is 135 Å². The summed E-state index contributed by atoms with van der Waals surface area (Å²) in [5, 5.41) is 12.4. The van der Waals surface area contributed by atoms with Crippen molar-refractivity contribution in [2.24, 2.45) is 0 Å². The molecule has 5 rings (SSSR count). The van der Waals surface area contributed by atoms with Crippen LogP contribution in [-0.4, -0.2) is 69.3 Å². The molecule has 1 aliphatic rings. The van der Waals surface area contributed by atoms with Crippen LogP contribution < -0.4 is 16.0 Å². The van der Waals surface area contributed by atoms with Gasteiger partial charge >= 0.3 is 12.1 Å². The van der Waals surface area contributed by atoms with Gasteiger partial charge in [-0.1, -0.05) is 74.5 Å². The second-order valence-electron chi connectivity index (χ2n) is 15.2. The minimum absolute atomic E-state index is 0.00955. The fraction of sp³-hybridized carbons (Fsp3) is 0.488. The fourth-order valence-electron chi connectivity index (χ4n) is 5.95. The van der Waals surface area contributed by atoms with Crippen LogP contribution in [-0.2, 0) is 40.3 Å². The van der Waals surface area contributed by atoms with Gasteiger partial charge in [0.05, 0.1) is 39.8 Å². The lowest BCUT2D eigenvalue weighted by atomic mass is 9.96. The Morgan fingerprint density at radius 2 is 1.52 bits per heavy atom. The van der Waals surface area contributed by atoms with E-state index in [0.717, 1.165) is 39.5 Å². The van der Waals surface area contributed by atoms with E-state index in [2.05, 4.69) is 34.8 Å². The highest BCUT2D eigenvalue weighted by molar-refractivity contribution is 7.09. The maximum atomic E-state index is 14.2. The van der Waals surface area contributed by atoms with Crippen LogP contribution in [0, 0.1) is 0 Å². The van der Waals surface area contributed by atoms with Crippen molar-refractivity contribution in [3.05, 3.63) is 104 Å². The normalized spacial score (nSPS) is 14.6. The molecule has 2 aromatic carbocycles. The monoisotopic (exact) mass is 774 g/mol. The third-order valence-electron chi connectivity index (χ3n) is 8.95. The van der Waals surface area contributed by atoms with Crippen molar-refractivity contribution in [2.45, 2.75) is 122 Å². The van der Waals surface area contributed by atoms with Crippen LogP contribution in [0.25, 0.3) is 0 Å². The molecule has 1 saturated carbocycles. The van der Waals surface area contributed by atoms with Crippen LogP contribution >= 0.6 is 22.7 Å². The Balaban J connectivity index is 1.30. The number of ether oxygens (including phenoxy) is 2. The van der Waals surface area contributed by atoms with Gasteiger partial charge in [0, 0.05) is 35.6 Å². The highest BCUT2D eigenvalue weighted by Crippen LogP contribution is 2.29. The van der Waals surface area contributed by atoms with Crippen molar-refractivity contribution >= 4 is 40.7 Å². The van der Waals surface area contributed by atoms with Gasteiger partial charge in [-0.05, 0) is 70.4 Å². The van der Waals surface area contributed by atoms with E-state index >= 15 is 0 Å². The van der Waals surface area contributed by atoms with Gasteiger partial charge in [-0.15, -0.1) is 22.7 Å². The maximum absolute atomic E-state index is 14.2. The molecule has 4 amide bonds. The van der Waals surface area contributed by atoms with E-state index in [0.29, 0.717) is 38.1 Å². The van der Waals surface area contributed by atoms with Crippen molar-refractivity contribution in [3.8, 4) is 0 Å². The third kappa shape index (κ3) is 13.8. The van der Waals surface area contributed by atoms with Crippen LogP contribution in [0.15, 0.2) is 77.8 Å². The van der Waals surface area contributed by atoms with E-state index < -0.39 is 17.7 Å². The molecule has 3 atom stereocenters. The summed E-state index contributed by atoms with van der Waals surface area (Å²) in [4.78, 5) is 52.6. The van der Waals surface area contributed by atoms with Crippen LogP contribution in [0.1, 0.15) is 92.9 Å². The number of hydrogen-bond donors (Lipinski definition) is 3. The number of thiazole rings is 2. The summed E-state index contributed by atoms with van der Waals surface area (Å²) in [6, 6.07) is 18.3. The van der Waals surface area contributed by atoms with E-state index in [9.17, 15) is 14.4 Å². The molecule has 4 aromatic rings. The molecular weight excluding hydrogens is 721 g/mol. The van der Waals surface area contributed by atoms with Crippen LogP contribution in [0.3, 0.4) is 0 Å². The standard InChI is InChI=1S/C41H54N6O5S2/c1-28(2)38-44-33(26-53-38)23-47(34-18-19-34)39(49)46-36(25-52-41(3,4)5)37(48)43-31(20-29-12-8-6-9-13-29)16-17-32(21-30-14-10-7-11-15-30)45-40(50)51-24-35-22-42-27-54-35/h6-15,22,26-28,31-32,34,36H,16-21,23-25H2,1-5H3,(H,43,48)(H,45,50)(H,46,49)/t31-,32-,36+/m1/s1. The highest BCUT2D eigenvalue weighted by atomic mass is 32.1.